The zero-order valence-corrected chi connectivity index (χ0v) is 16.0. The van der Waals surface area contributed by atoms with Crippen molar-refractivity contribution in [2.75, 3.05) is 0 Å². The third-order valence-corrected chi connectivity index (χ3v) is 4.05. The van der Waals surface area contributed by atoms with Crippen LogP contribution in [0, 0.1) is 29.6 Å². The summed E-state index contributed by atoms with van der Waals surface area (Å²) in [6.07, 6.45) is 1.18. The number of nitrogens with two attached hydrogens (primary N) is 1. The predicted octanol–water partition coefficient (Wildman–Crippen LogP) is 0.699. The standard InChI is InChI=1S/C19H15N9O2/c1-10(25-19(30)14-4-12(7-20)3-13(5-14)8-21)18-26-11(2)27-28(18)16-6-15(17(22)29)23-9-24-16/h3-6,9-10H,1-2H3,(H2,22,29)(H,25,30)/t10-/m0/s1. The van der Waals surface area contributed by atoms with Crippen LogP contribution in [0.15, 0.2) is 30.6 Å². The molecule has 2 amide bonds. The molecular formula is C19H15N9O2. The van der Waals surface area contributed by atoms with Crippen LogP contribution in [0.25, 0.3) is 5.82 Å². The van der Waals surface area contributed by atoms with Gasteiger partial charge in [0.1, 0.15) is 17.8 Å². The summed E-state index contributed by atoms with van der Waals surface area (Å²) in [5.74, 6) is -0.183. The van der Waals surface area contributed by atoms with Crippen LogP contribution in [0.4, 0.5) is 0 Å². The van der Waals surface area contributed by atoms with E-state index in [2.05, 4.69) is 25.4 Å². The van der Waals surface area contributed by atoms with Gasteiger partial charge in [-0.25, -0.2) is 15.0 Å². The van der Waals surface area contributed by atoms with Gasteiger partial charge in [-0.1, -0.05) is 0 Å². The summed E-state index contributed by atoms with van der Waals surface area (Å²) in [5.41, 5.74) is 5.84. The molecule has 0 aliphatic rings. The van der Waals surface area contributed by atoms with Crippen LogP contribution in [0.5, 0.6) is 0 Å². The second-order valence-corrected chi connectivity index (χ2v) is 6.27. The van der Waals surface area contributed by atoms with E-state index in [9.17, 15) is 9.59 Å². The molecule has 148 valence electrons. The highest BCUT2D eigenvalue weighted by Crippen LogP contribution is 2.17. The van der Waals surface area contributed by atoms with E-state index < -0.39 is 17.9 Å². The zero-order valence-electron chi connectivity index (χ0n) is 16.0. The summed E-state index contributed by atoms with van der Waals surface area (Å²) in [7, 11) is 0. The van der Waals surface area contributed by atoms with Crippen molar-refractivity contribution in [3.05, 3.63) is 64.6 Å². The number of benzene rings is 1. The summed E-state index contributed by atoms with van der Waals surface area (Å²) in [6.45, 7) is 3.35. The maximum Gasteiger partial charge on any atom is 0.267 e. The Morgan fingerprint density at radius 2 is 1.80 bits per heavy atom. The molecule has 11 nitrogen and oxygen atoms in total. The number of carbonyl (C=O) groups excluding carboxylic acids is 2. The summed E-state index contributed by atoms with van der Waals surface area (Å²) in [5, 5.41) is 25.2. The second-order valence-electron chi connectivity index (χ2n) is 6.27. The van der Waals surface area contributed by atoms with E-state index in [1.807, 2.05) is 12.1 Å². The number of hydrogen-bond acceptors (Lipinski definition) is 8. The minimum absolute atomic E-state index is 0.00754. The smallest absolute Gasteiger partial charge is 0.267 e. The van der Waals surface area contributed by atoms with E-state index in [0.29, 0.717) is 11.6 Å². The van der Waals surface area contributed by atoms with E-state index in [0.717, 1.165) is 0 Å². The number of primary amides is 1. The Hall–Kier alpha value is -4.64. The molecular weight excluding hydrogens is 386 g/mol. The van der Waals surface area contributed by atoms with Crippen LogP contribution in [0.3, 0.4) is 0 Å². The van der Waals surface area contributed by atoms with Crippen molar-refractivity contribution in [3.8, 4) is 18.0 Å². The Morgan fingerprint density at radius 1 is 1.13 bits per heavy atom. The quantitative estimate of drug-likeness (QED) is 0.627. The van der Waals surface area contributed by atoms with Crippen LogP contribution in [-0.2, 0) is 0 Å². The lowest BCUT2D eigenvalue weighted by molar-refractivity contribution is 0.0936. The fourth-order valence-electron chi connectivity index (χ4n) is 2.71. The fourth-order valence-corrected chi connectivity index (χ4v) is 2.71. The van der Waals surface area contributed by atoms with E-state index >= 15 is 0 Å². The number of aromatic nitrogens is 5. The molecule has 1 atom stereocenters. The van der Waals surface area contributed by atoms with Gasteiger partial charge >= 0.3 is 0 Å². The van der Waals surface area contributed by atoms with E-state index in [1.54, 1.807) is 13.8 Å². The van der Waals surface area contributed by atoms with Crippen molar-refractivity contribution >= 4 is 11.8 Å². The van der Waals surface area contributed by atoms with Crippen LogP contribution >= 0.6 is 0 Å². The van der Waals surface area contributed by atoms with Gasteiger partial charge < -0.3 is 11.1 Å². The number of nitrogens with zero attached hydrogens (tertiary/aromatic N) is 7. The van der Waals surface area contributed by atoms with Gasteiger partial charge in [-0.15, -0.1) is 5.10 Å². The van der Waals surface area contributed by atoms with E-state index in [-0.39, 0.29) is 28.2 Å². The molecule has 3 N–H and O–H groups in total. The molecule has 0 bridgehead atoms. The van der Waals surface area contributed by atoms with Crippen LogP contribution in [0.2, 0.25) is 0 Å². The molecule has 3 aromatic rings. The monoisotopic (exact) mass is 401 g/mol. The molecule has 0 aliphatic carbocycles. The Kier molecular flexibility index (Phi) is 5.47. The third-order valence-electron chi connectivity index (χ3n) is 4.05. The first-order valence-electron chi connectivity index (χ1n) is 8.64. The van der Waals surface area contributed by atoms with Crippen molar-refractivity contribution < 1.29 is 9.59 Å². The lowest BCUT2D eigenvalue weighted by atomic mass is 10.1. The first kappa shape index (κ1) is 20.1. The molecule has 0 saturated carbocycles. The third kappa shape index (κ3) is 4.10. The maximum atomic E-state index is 12.7. The molecule has 2 aromatic heterocycles. The van der Waals surface area contributed by atoms with Crippen molar-refractivity contribution in [1.29, 1.82) is 10.5 Å². The topological polar surface area (TPSA) is 176 Å². The molecule has 0 spiro atoms. The number of amides is 2. The maximum absolute atomic E-state index is 12.7. The molecule has 0 radical (unpaired) electrons. The molecule has 0 aliphatic heterocycles. The summed E-state index contributed by atoms with van der Waals surface area (Å²) < 4.78 is 1.38. The molecule has 3 rings (SSSR count). The Labute approximate surface area is 170 Å². The van der Waals surface area contributed by atoms with Crippen molar-refractivity contribution in [2.45, 2.75) is 19.9 Å². The normalized spacial score (nSPS) is 11.2. The lowest BCUT2D eigenvalue weighted by Gasteiger charge is -2.14. The number of nitriles is 2. The van der Waals surface area contributed by atoms with Gasteiger partial charge in [0, 0.05) is 11.6 Å². The first-order valence-corrected chi connectivity index (χ1v) is 8.64. The van der Waals surface area contributed by atoms with Gasteiger partial charge in [-0.2, -0.15) is 15.2 Å². The van der Waals surface area contributed by atoms with Crippen molar-refractivity contribution in [2.24, 2.45) is 5.73 Å². The number of hydrogen-bond donors (Lipinski definition) is 2. The molecule has 0 unspecified atom stereocenters. The SMILES string of the molecule is Cc1nc([C@H](C)NC(=O)c2cc(C#N)cc(C#N)c2)n(-c2cc(C(N)=O)ncn2)n1. The van der Waals surface area contributed by atoms with E-state index in [1.165, 1.54) is 35.3 Å². The molecule has 0 fully saturated rings. The van der Waals surface area contributed by atoms with Crippen LogP contribution < -0.4 is 11.1 Å². The Morgan fingerprint density at radius 3 is 2.40 bits per heavy atom. The van der Waals surface area contributed by atoms with Gasteiger partial charge in [0.05, 0.1) is 29.3 Å². The lowest BCUT2D eigenvalue weighted by Crippen LogP contribution is -2.29. The first-order chi connectivity index (χ1) is 14.3. The zero-order chi connectivity index (χ0) is 21.8. The van der Waals surface area contributed by atoms with Crippen LogP contribution in [-0.4, -0.2) is 36.5 Å². The summed E-state index contributed by atoms with van der Waals surface area (Å²) in [6, 6.07) is 8.76. The highest BCUT2D eigenvalue weighted by atomic mass is 16.2. The highest BCUT2D eigenvalue weighted by Gasteiger charge is 2.21. The summed E-state index contributed by atoms with van der Waals surface area (Å²) >= 11 is 0. The number of aryl methyl sites for hydroxylation is 1. The van der Waals surface area contributed by atoms with Gasteiger partial charge in [0.15, 0.2) is 11.6 Å². The van der Waals surface area contributed by atoms with Gasteiger partial charge in [-0.05, 0) is 32.0 Å². The molecule has 11 heteroatoms. The number of carbonyl (C=O) groups is 2. The van der Waals surface area contributed by atoms with Gasteiger partial charge in [0.2, 0.25) is 0 Å². The average Bonchev–Trinajstić information content (AvgIpc) is 3.15. The largest absolute Gasteiger partial charge is 0.364 e. The molecule has 1 aromatic carbocycles. The van der Waals surface area contributed by atoms with Crippen molar-refractivity contribution in [3.63, 3.8) is 0 Å². The molecule has 2 heterocycles. The Bertz CT molecular complexity index is 1200. The van der Waals surface area contributed by atoms with E-state index in [4.69, 9.17) is 16.3 Å². The minimum Gasteiger partial charge on any atom is -0.364 e. The number of nitrogens with one attached hydrogen (secondary N) is 1. The second kappa shape index (κ2) is 8.16. The van der Waals surface area contributed by atoms with Gasteiger partial charge in [0.25, 0.3) is 11.8 Å². The predicted molar refractivity (Wildman–Crippen MR) is 102 cm³/mol. The Balaban J connectivity index is 1.92. The minimum atomic E-state index is -0.718. The summed E-state index contributed by atoms with van der Waals surface area (Å²) in [4.78, 5) is 36.3. The van der Waals surface area contributed by atoms with Crippen molar-refractivity contribution in [1.82, 2.24) is 30.0 Å². The highest BCUT2D eigenvalue weighted by molar-refractivity contribution is 5.95. The molecule has 0 saturated heterocycles. The fraction of sp³-hybridized carbons (Fsp3) is 0.158. The number of rotatable bonds is 5. The van der Waals surface area contributed by atoms with Gasteiger partial charge in [-0.3, -0.25) is 9.59 Å². The van der Waals surface area contributed by atoms with Crippen LogP contribution in [0.1, 0.15) is 56.6 Å². The average molecular weight is 401 g/mol. The molecule has 30 heavy (non-hydrogen) atoms.